The number of hydroxylamine groups is 1. The molecule has 0 bridgehead atoms. The molecule has 1 saturated heterocycles. The van der Waals surface area contributed by atoms with Crippen LogP contribution in [0.15, 0.2) is 48.5 Å². The van der Waals surface area contributed by atoms with Gasteiger partial charge in [0.2, 0.25) is 11.8 Å². The molecule has 26 heavy (non-hydrogen) atoms. The Balaban J connectivity index is 1.60. The molecule has 2 amide bonds. The molecular weight excluding hydrogens is 356 g/mol. The van der Waals surface area contributed by atoms with Gasteiger partial charge in [-0.25, -0.2) is 5.48 Å². The minimum atomic E-state index is -0.498. The number of benzene rings is 2. The normalized spacial score (nSPS) is 16.6. The number of nitrogens with one attached hydrogen (secondary N) is 1. The highest BCUT2D eigenvalue weighted by Gasteiger charge is 2.36. The summed E-state index contributed by atoms with van der Waals surface area (Å²) >= 11 is 6.03. The Morgan fingerprint density at radius 3 is 2.77 bits per heavy atom. The third kappa shape index (κ3) is 4.15. The van der Waals surface area contributed by atoms with Crippen molar-refractivity contribution in [2.24, 2.45) is 5.92 Å². The second kappa shape index (κ2) is 8.21. The number of carbonyl (C=O) groups excluding carboxylic acids is 2. The number of hydrogen-bond donors (Lipinski definition) is 1. The van der Waals surface area contributed by atoms with Crippen LogP contribution >= 0.6 is 11.6 Å². The summed E-state index contributed by atoms with van der Waals surface area (Å²) in [4.78, 5) is 31.5. The first kappa shape index (κ1) is 18.2. The van der Waals surface area contributed by atoms with Crippen LogP contribution in [0.5, 0.6) is 5.75 Å². The summed E-state index contributed by atoms with van der Waals surface area (Å²) in [7, 11) is 1.52. The van der Waals surface area contributed by atoms with E-state index in [9.17, 15) is 9.59 Å². The number of nitrogens with zero attached hydrogens (tertiary/aromatic N) is 1. The Morgan fingerprint density at radius 2 is 2.04 bits per heavy atom. The number of carbonyl (C=O) groups is 2. The van der Waals surface area contributed by atoms with E-state index in [1.54, 1.807) is 18.2 Å². The second-order valence-electron chi connectivity index (χ2n) is 5.96. The van der Waals surface area contributed by atoms with Gasteiger partial charge in [0, 0.05) is 18.0 Å². The first-order valence-electron chi connectivity index (χ1n) is 8.18. The van der Waals surface area contributed by atoms with E-state index in [0.717, 1.165) is 5.56 Å². The van der Waals surface area contributed by atoms with Crippen LogP contribution in [0.1, 0.15) is 12.0 Å². The first-order valence-corrected chi connectivity index (χ1v) is 8.55. The molecule has 1 N–H and O–H groups in total. The van der Waals surface area contributed by atoms with Crippen LogP contribution < -0.4 is 15.1 Å². The Kier molecular flexibility index (Phi) is 5.75. The van der Waals surface area contributed by atoms with Crippen LogP contribution in [0, 0.1) is 5.92 Å². The first-order chi connectivity index (χ1) is 12.6. The summed E-state index contributed by atoms with van der Waals surface area (Å²) < 4.78 is 5.29. The van der Waals surface area contributed by atoms with Crippen molar-refractivity contribution in [3.05, 3.63) is 59.1 Å². The van der Waals surface area contributed by atoms with E-state index in [1.807, 2.05) is 30.3 Å². The predicted molar refractivity (Wildman–Crippen MR) is 97.8 cm³/mol. The van der Waals surface area contributed by atoms with E-state index in [2.05, 4.69) is 5.48 Å². The molecular formula is C19H19ClN2O4. The number of hydrogen-bond acceptors (Lipinski definition) is 4. The van der Waals surface area contributed by atoms with E-state index in [4.69, 9.17) is 21.2 Å². The maximum absolute atomic E-state index is 12.4. The fourth-order valence-corrected chi connectivity index (χ4v) is 3.00. The van der Waals surface area contributed by atoms with Crippen molar-refractivity contribution in [2.45, 2.75) is 13.0 Å². The fraction of sp³-hybridized carbons (Fsp3) is 0.263. The smallest absolute Gasteiger partial charge is 0.248 e. The van der Waals surface area contributed by atoms with Crippen molar-refractivity contribution in [1.29, 1.82) is 0 Å². The number of anilines is 1. The minimum Gasteiger partial charge on any atom is -0.495 e. The predicted octanol–water partition coefficient (Wildman–Crippen LogP) is 2.95. The third-order valence-corrected chi connectivity index (χ3v) is 4.42. The molecule has 0 aliphatic carbocycles. The molecule has 1 aliphatic rings. The average Bonchev–Trinajstić information content (AvgIpc) is 3.04. The van der Waals surface area contributed by atoms with E-state index in [-0.39, 0.29) is 31.4 Å². The van der Waals surface area contributed by atoms with Crippen LogP contribution in [-0.4, -0.2) is 25.5 Å². The Morgan fingerprint density at radius 1 is 1.27 bits per heavy atom. The topological polar surface area (TPSA) is 67.9 Å². The lowest BCUT2D eigenvalue weighted by atomic mass is 10.1. The van der Waals surface area contributed by atoms with E-state index in [1.165, 1.54) is 12.0 Å². The van der Waals surface area contributed by atoms with Crippen LogP contribution in [-0.2, 0) is 21.0 Å². The zero-order valence-corrected chi connectivity index (χ0v) is 15.0. The Labute approximate surface area is 156 Å². The van der Waals surface area contributed by atoms with Gasteiger partial charge in [-0.1, -0.05) is 41.9 Å². The van der Waals surface area contributed by atoms with Crippen molar-refractivity contribution < 1.29 is 19.2 Å². The van der Waals surface area contributed by atoms with Gasteiger partial charge in [0.15, 0.2) is 0 Å². The summed E-state index contributed by atoms with van der Waals surface area (Å²) in [6.45, 7) is 0.509. The largest absolute Gasteiger partial charge is 0.495 e. The molecule has 0 spiro atoms. The summed E-state index contributed by atoms with van der Waals surface area (Å²) in [5.41, 5.74) is 3.94. The van der Waals surface area contributed by atoms with Crippen molar-refractivity contribution in [3.8, 4) is 5.75 Å². The molecule has 1 aliphatic heterocycles. The van der Waals surface area contributed by atoms with Gasteiger partial charge < -0.3 is 9.64 Å². The monoisotopic (exact) mass is 374 g/mol. The van der Waals surface area contributed by atoms with Crippen molar-refractivity contribution in [2.75, 3.05) is 18.6 Å². The van der Waals surface area contributed by atoms with Crippen LogP contribution in [0.4, 0.5) is 5.69 Å². The molecule has 2 aromatic rings. The van der Waals surface area contributed by atoms with Crippen LogP contribution in [0.2, 0.25) is 5.02 Å². The van der Waals surface area contributed by atoms with E-state index < -0.39 is 5.92 Å². The molecule has 1 heterocycles. The number of halogens is 1. The standard InChI is InChI=1S/C19H19ClN2O4/c1-25-17-8-7-15(20)10-16(17)22-11-14(9-18(22)23)19(24)21-26-12-13-5-3-2-4-6-13/h2-8,10,14H,9,11-12H2,1H3,(H,21,24)/t14-/m0/s1. The highest BCUT2D eigenvalue weighted by atomic mass is 35.5. The molecule has 136 valence electrons. The molecule has 7 heteroatoms. The molecule has 3 rings (SSSR count). The molecule has 0 unspecified atom stereocenters. The fourth-order valence-electron chi connectivity index (χ4n) is 2.84. The van der Waals surface area contributed by atoms with Crippen molar-refractivity contribution in [3.63, 3.8) is 0 Å². The highest BCUT2D eigenvalue weighted by Crippen LogP contribution is 2.35. The lowest BCUT2D eigenvalue weighted by molar-refractivity contribution is -0.138. The quantitative estimate of drug-likeness (QED) is 0.789. The number of methoxy groups -OCH3 is 1. The van der Waals surface area contributed by atoms with Gasteiger partial charge in [-0.15, -0.1) is 0 Å². The summed E-state index contributed by atoms with van der Waals surface area (Å²) in [5.74, 6) is -0.447. The number of rotatable bonds is 6. The second-order valence-corrected chi connectivity index (χ2v) is 6.40. The van der Waals surface area contributed by atoms with E-state index >= 15 is 0 Å². The minimum absolute atomic E-state index is 0.107. The van der Waals surface area contributed by atoms with Gasteiger partial charge in [0.25, 0.3) is 0 Å². The van der Waals surface area contributed by atoms with Crippen molar-refractivity contribution >= 4 is 29.1 Å². The van der Waals surface area contributed by atoms with Crippen LogP contribution in [0.3, 0.4) is 0 Å². The lowest BCUT2D eigenvalue weighted by Crippen LogP contribution is -2.33. The lowest BCUT2D eigenvalue weighted by Gasteiger charge is -2.19. The third-order valence-electron chi connectivity index (χ3n) is 4.18. The summed E-state index contributed by atoms with van der Waals surface area (Å²) in [5, 5.41) is 0.493. The van der Waals surface area contributed by atoms with Crippen LogP contribution in [0.25, 0.3) is 0 Å². The highest BCUT2D eigenvalue weighted by molar-refractivity contribution is 6.31. The molecule has 6 nitrogen and oxygen atoms in total. The van der Waals surface area contributed by atoms with Gasteiger partial charge in [0.1, 0.15) is 5.75 Å². The van der Waals surface area contributed by atoms with Gasteiger partial charge in [0.05, 0.1) is 25.3 Å². The van der Waals surface area contributed by atoms with Gasteiger partial charge in [-0.3, -0.25) is 14.4 Å². The summed E-state index contributed by atoms with van der Waals surface area (Å²) in [6, 6.07) is 14.5. The van der Waals surface area contributed by atoms with E-state index in [0.29, 0.717) is 16.5 Å². The Hall–Kier alpha value is -2.57. The molecule has 0 saturated carbocycles. The molecule has 0 radical (unpaired) electrons. The average molecular weight is 375 g/mol. The summed E-state index contributed by atoms with van der Waals surface area (Å²) in [6.07, 6.45) is 0.107. The number of ether oxygens (including phenoxy) is 1. The maximum atomic E-state index is 12.4. The Bertz CT molecular complexity index is 797. The number of amides is 2. The molecule has 2 aromatic carbocycles. The molecule has 1 fully saturated rings. The van der Waals surface area contributed by atoms with Crippen molar-refractivity contribution in [1.82, 2.24) is 5.48 Å². The SMILES string of the molecule is COc1ccc(Cl)cc1N1C[C@@H](C(=O)NOCc2ccccc2)CC1=O. The van der Waals surface area contributed by atoms with Gasteiger partial charge in [-0.05, 0) is 23.8 Å². The molecule has 1 atom stereocenters. The molecule has 0 aromatic heterocycles. The zero-order valence-electron chi connectivity index (χ0n) is 14.3. The zero-order chi connectivity index (χ0) is 18.5. The van der Waals surface area contributed by atoms with Gasteiger partial charge >= 0.3 is 0 Å². The van der Waals surface area contributed by atoms with Gasteiger partial charge in [-0.2, -0.15) is 0 Å². The maximum Gasteiger partial charge on any atom is 0.248 e.